The van der Waals surface area contributed by atoms with Crippen LogP contribution in [-0.2, 0) is 6.54 Å². The van der Waals surface area contributed by atoms with Crippen LogP contribution in [0.4, 0.5) is 0 Å². The van der Waals surface area contributed by atoms with E-state index >= 15 is 0 Å². The Balaban J connectivity index is 1.93. The molecule has 5 nitrogen and oxygen atoms in total. The molecule has 1 heterocycles. The van der Waals surface area contributed by atoms with E-state index in [1.165, 1.54) is 0 Å². The summed E-state index contributed by atoms with van der Waals surface area (Å²) in [5.74, 6) is 0.269. The van der Waals surface area contributed by atoms with E-state index in [2.05, 4.69) is 17.2 Å². The van der Waals surface area contributed by atoms with Gasteiger partial charge in [0.25, 0.3) is 11.8 Å². The van der Waals surface area contributed by atoms with Crippen molar-refractivity contribution >= 4 is 11.8 Å². The predicted octanol–water partition coefficient (Wildman–Crippen LogP) is 2.13. The van der Waals surface area contributed by atoms with Gasteiger partial charge in [0, 0.05) is 17.7 Å². The summed E-state index contributed by atoms with van der Waals surface area (Å²) in [6.45, 7) is 4.26. The first-order valence-corrected chi connectivity index (χ1v) is 6.50. The lowest BCUT2D eigenvalue weighted by atomic mass is 10.1. The van der Waals surface area contributed by atoms with Crippen molar-refractivity contribution in [2.24, 2.45) is 0 Å². The molecule has 108 valence electrons. The lowest BCUT2D eigenvalue weighted by Gasteiger charge is -2.05. The Morgan fingerprint density at radius 2 is 1.67 bits per heavy atom. The predicted molar refractivity (Wildman–Crippen MR) is 78.9 cm³/mol. The van der Waals surface area contributed by atoms with E-state index in [1.807, 2.05) is 0 Å². The van der Waals surface area contributed by atoms with Gasteiger partial charge in [-0.05, 0) is 36.4 Å². The molecule has 0 aliphatic rings. The summed E-state index contributed by atoms with van der Waals surface area (Å²) in [6, 6.07) is 9.99. The lowest BCUT2D eigenvalue weighted by molar-refractivity contribution is 0.0940. The Labute approximate surface area is 122 Å². The van der Waals surface area contributed by atoms with Crippen LogP contribution < -0.4 is 10.6 Å². The molecule has 1 aromatic carbocycles. The van der Waals surface area contributed by atoms with Gasteiger partial charge in [-0.15, -0.1) is 6.58 Å². The highest BCUT2D eigenvalue weighted by Crippen LogP contribution is 2.05. The molecule has 2 rings (SSSR count). The van der Waals surface area contributed by atoms with E-state index in [-0.39, 0.29) is 11.8 Å². The average molecular weight is 284 g/mol. The van der Waals surface area contributed by atoms with Crippen molar-refractivity contribution < 1.29 is 14.0 Å². The van der Waals surface area contributed by atoms with Crippen molar-refractivity contribution in [2.45, 2.75) is 6.54 Å². The third-order valence-electron chi connectivity index (χ3n) is 2.82. The van der Waals surface area contributed by atoms with Crippen molar-refractivity contribution in [2.75, 3.05) is 6.54 Å². The highest BCUT2D eigenvalue weighted by Gasteiger charge is 2.08. The summed E-state index contributed by atoms with van der Waals surface area (Å²) in [5, 5.41) is 5.41. The first-order valence-electron chi connectivity index (χ1n) is 6.50. The number of amides is 2. The van der Waals surface area contributed by atoms with Crippen LogP contribution in [0.3, 0.4) is 0 Å². The van der Waals surface area contributed by atoms with Crippen LogP contribution in [0.1, 0.15) is 26.5 Å². The number of benzene rings is 1. The molecule has 0 aliphatic heterocycles. The quantitative estimate of drug-likeness (QED) is 0.798. The van der Waals surface area contributed by atoms with Gasteiger partial charge >= 0.3 is 0 Å². The second-order valence-electron chi connectivity index (χ2n) is 4.34. The number of hydrogen-bond acceptors (Lipinski definition) is 3. The number of rotatable bonds is 6. The standard InChI is InChI=1S/C16H16N2O3/c1-2-9-17-15(19)12-5-7-13(8-6-12)16(20)18-11-14-4-3-10-21-14/h2-8,10H,1,9,11H2,(H,17,19)(H,18,20). The Hall–Kier alpha value is -2.82. The van der Waals surface area contributed by atoms with Crippen LogP contribution in [0.15, 0.2) is 59.7 Å². The minimum Gasteiger partial charge on any atom is -0.467 e. The van der Waals surface area contributed by atoms with E-state index in [1.54, 1.807) is 48.7 Å². The number of hydrogen-bond donors (Lipinski definition) is 2. The molecule has 2 N–H and O–H groups in total. The van der Waals surface area contributed by atoms with E-state index in [4.69, 9.17) is 4.42 Å². The molecule has 2 amide bonds. The molecule has 0 saturated carbocycles. The van der Waals surface area contributed by atoms with Gasteiger partial charge in [0.1, 0.15) is 5.76 Å². The lowest BCUT2D eigenvalue weighted by Crippen LogP contribution is -2.24. The van der Waals surface area contributed by atoms with E-state index in [0.29, 0.717) is 30.0 Å². The number of carbonyl (C=O) groups excluding carboxylic acids is 2. The molecule has 0 radical (unpaired) electrons. The summed E-state index contributed by atoms with van der Waals surface area (Å²) in [6.07, 6.45) is 3.16. The molecule has 2 aromatic rings. The zero-order chi connectivity index (χ0) is 15.1. The van der Waals surface area contributed by atoms with Gasteiger partial charge < -0.3 is 15.1 Å². The van der Waals surface area contributed by atoms with Gasteiger partial charge in [-0.25, -0.2) is 0 Å². The van der Waals surface area contributed by atoms with Crippen molar-refractivity contribution in [3.8, 4) is 0 Å². The number of nitrogens with one attached hydrogen (secondary N) is 2. The smallest absolute Gasteiger partial charge is 0.251 e. The van der Waals surface area contributed by atoms with Gasteiger partial charge in [0.15, 0.2) is 0 Å². The fraction of sp³-hybridized carbons (Fsp3) is 0.125. The first-order chi connectivity index (χ1) is 10.2. The summed E-state index contributed by atoms with van der Waals surface area (Å²) >= 11 is 0. The van der Waals surface area contributed by atoms with Crippen molar-refractivity contribution in [3.63, 3.8) is 0 Å². The second-order valence-corrected chi connectivity index (χ2v) is 4.34. The van der Waals surface area contributed by atoms with E-state index in [9.17, 15) is 9.59 Å². The van der Waals surface area contributed by atoms with Crippen LogP contribution in [0, 0.1) is 0 Å². The topological polar surface area (TPSA) is 71.3 Å². The van der Waals surface area contributed by atoms with Crippen molar-refractivity contribution in [1.29, 1.82) is 0 Å². The Morgan fingerprint density at radius 1 is 1.05 bits per heavy atom. The molecule has 5 heteroatoms. The molecule has 0 atom stereocenters. The number of furan rings is 1. The maximum atomic E-state index is 11.9. The summed E-state index contributed by atoms with van der Waals surface area (Å²) in [4.78, 5) is 23.6. The zero-order valence-electron chi connectivity index (χ0n) is 11.5. The largest absolute Gasteiger partial charge is 0.467 e. The fourth-order valence-electron chi connectivity index (χ4n) is 1.72. The fourth-order valence-corrected chi connectivity index (χ4v) is 1.72. The second kappa shape index (κ2) is 7.09. The summed E-state index contributed by atoms with van der Waals surface area (Å²) in [7, 11) is 0. The van der Waals surface area contributed by atoms with Crippen LogP contribution in [-0.4, -0.2) is 18.4 Å². The van der Waals surface area contributed by atoms with Gasteiger partial charge in [0.05, 0.1) is 12.8 Å². The maximum absolute atomic E-state index is 11.9. The molecule has 21 heavy (non-hydrogen) atoms. The molecule has 0 fully saturated rings. The van der Waals surface area contributed by atoms with E-state index in [0.717, 1.165) is 0 Å². The van der Waals surface area contributed by atoms with Crippen LogP contribution in [0.2, 0.25) is 0 Å². The Kier molecular flexibility index (Phi) is 4.93. The third-order valence-corrected chi connectivity index (χ3v) is 2.82. The van der Waals surface area contributed by atoms with Gasteiger partial charge in [-0.2, -0.15) is 0 Å². The normalized spacial score (nSPS) is 9.90. The molecule has 0 aliphatic carbocycles. The van der Waals surface area contributed by atoms with Crippen molar-refractivity contribution in [3.05, 3.63) is 72.2 Å². The van der Waals surface area contributed by atoms with Crippen LogP contribution in [0.25, 0.3) is 0 Å². The average Bonchev–Trinajstić information content (AvgIpc) is 3.04. The summed E-state index contributed by atoms with van der Waals surface area (Å²) in [5.41, 5.74) is 0.987. The Bertz CT molecular complexity index is 615. The van der Waals surface area contributed by atoms with Gasteiger partial charge in [0.2, 0.25) is 0 Å². The minimum absolute atomic E-state index is 0.197. The summed E-state index contributed by atoms with van der Waals surface area (Å²) < 4.78 is 5.13. The van der Waals surface area contributed by atoms with E-state index < -0.39 is 0 Å². The zero-order valence-corrected chi connectivity index (χ0v) is 11.5. The minimum atomic E-state index is -0.218. The van der Waals surface area contributed by atoms with Crippen LogP contribution >= 0.6 is 0 Å². The maximum Gasteiger partial charge on any atom is 0.251 e. The molecule has 0 unspecified atom stereocenters. The molecule has 1 aromatic heterocycles. The molecular weight excluding hydrogens is 268 g/mol. The van der Waals surface area contributed by atoms with Gasteiger partial charge in [-0.3, -0.25) is 9.59 Å². The highest BCUT2D eigenvalue weighted by atomic mass is 16.3. The van der Waals surface area contributed by atoms with Gasteiger partial charge in [-0.1, -0.05) is 6.08 Å². The monoisotopic (exact) mass is 284 g/mol. The SMILES string of the molecule is C=CCNC(=O)c1ccc(C(=O)NCc2ccco2)cc1. The highest BCUT2D eigenvalue weighted by molar-refractivity contribution is 5.97. The molecule has 0 saturated heterocycles. The third kappa shape index (κ3) is 4.07. The first kappa shape index (κ1) is 14.6. The van der Waals surface area contributed by atoms with Crippen LogP contribution in [0.5, 0.6) is 0 Å². The Morgan fingerprint density at radius 3 is 2.19 bits per heavy atom. The molecule has 0 spiro atoms. The number of carbonyl (C=O) groups is 2. The molecule has 0 bridgehead atoms. The van der Waals surface area contributed by atoms with Crippen molar-refractivity contribution in [1.82, 2.24) is 10.6 Å². The molecular formula is C16H16N2O3.